The Bertz CT molecular complexity index is 359. The highest BCUT2D eigenvalue weighted by atomic mass is 127. The lowest BCUT2D eigenvalue weighted by Gasteiger charge is -2.04. The van der Waals surface area contributed by atoms with Gasteiger partial charge in [0.25, 0.3) is 0 Å². The summed E-state index contributed by atoms with van der Waals surface area (Å²) in [6.07, 6.45) is 0. The maximum absolute atomic E-state index is 11.3. The van der Waals surface area contributed by atoms with Crippen molar-refractivity contribution in [3.63, 3.8) is 0 Å². The smallest absolute Gasteiger partial charge is 0.344 e. The molecule has 0 radical (unpaired) electrons. The topological polar surface area (TPSA) is 26.3 Å². The molecule has 1 aromatic rings. The van der Waals surface area contributed by atoms with Crippen LogP contribution in [0.3, 0.4) is 0 Å². The molecule has 80 valence electrons. The Morgan fingerprint density at radius 2 is 2.07 bits per heavy atom. The summed E-state index contributed by atoms with van der Waals surface area (Å²) in [5.41, 5.74) is 0. The molecule has 0 spiro atoms. The van der Waals surface area contributed by atoms with Crippen molar-refractivity contribution >= 4 is 40.3 Å². The number of carbonyl (C=O) groups is 1. The van der Waals surface area contributed by atoms with Gasteiger partial charge in [-0.25, -0.2) is 4.79 Å². The van der Waals surface area contributed by atoms with Crippen LogP contribution in [-0.2, 0) is 9.53 Å². The summed E-state index contributed by atoms with van der Waals surface area (Å²) < 4.78 is 6.00. The van der Waals surface area contributed by atoms with Crippen LogP contribution in [0.15, 0.2) is 40.6 Å². The molecule has 0 fully saturated rings. The fraction of sp³-hybridized carbons (Fsp3) is 0.182. The van der Waals surface area contributed by atoms with Gasteiger partial charge in [0.2, 0.25) is 0 Å². The van der Waals surface area contributed by atoms with Crippen molar-refractivity contribution in [3.05, 3.63) is 39.3 Å². The highest BCUT2D eigenvalue weighted by molar-refractivity contribution is 14.1. The van der Waals surface area contributed by atoms with E-state index >= 15 is 0 Å². The molecule has 0 aliphatic carbocycles. The first kappa shape index (κ1) is 12.6. The summed E-state index contributed by atoms with van der Waals surface area (Å²) in [5, 5.41) is 0. The quantitative estimate of drug-likeness (QED) is 0.365. The first-order valence-electron chi connectivity index (χ1n) is 4.43. The molecule has 0 aliphatic rings. The number of hydrogen-bond donors (Lipinski definition) is 0. The average Bonchev–Trinajstić information content (AvgIpc) is 2.22. The highest BCUT2D eigenvalue weighted by Crippen LogP contribution is 2.26. The minimum Gasteiger partial charge on any atom is -0.462 e. The molecule has 1 aromatic carbocycles. The van der Waals surface area contributed by atoms with Gasteiger partial charge in [-0.05, 0) is 53.8 Å². The van der Waals surface area contributed by atoms with E-state index in [0.717, 1.165) is 4.90 Å². The number of esters is 1. The number of ether oxygens (including phenoxy) is 1. The van der Waals surface area contributed by atoms with Gasteiger partial charge in [-0.15, -0.1) is 0 Å². The second kappa shape index (κ2) is 6.17. The third-order valence-corrected chi connectivity index (χ3v) is 3.20. The first-order valence-corrected chi connectivity index (χ1v) is 6.32. The second-order valence-electron chi connectivity index (χ2n) is 2.70. The van der Waals surface area contributed by atoms with Crippen LogP contribution in [0.1, 0.15) is 6.92 Å². The second-order valence-corrected chi connectivity index (χ2v) is 5.11. The van der Waals surface area contributed by atoms with Crippen LogP contribution < -0.4 is 0 Å². The van der Waals surface area contributed by atoms with Gasteiger partial charge >= 0.3 is 5.97 Å². The van der Waals surface area contributed by atoms with Crippen molar-refractivity contribution in [3.8, 4) is 0 Å². The van der Waals surface area contributed by atoms with Crippen molar-refractivity contribution in [2.45, 2.75) is 11.8 Å². The summed E-state index contributed by atoms with van der Waals surface area (Å²) in [6.45, 7) is 5.84. The van der Waals surface area contributed by atoms with Crippen LogP contribution in [-0.4, -0.2) is 12.6 Å². The van der Waals surface area contributed by atoms with Crippen LogP contribution in [0.4, 0.5) is 0 Å². The third kappa shape index (κ3) is 4.25. The third-order valence-electron chi connectivity index (χ3n) is 1.56. The van der Waals surface area contributed by atoms with Gasteiger partial charge in [-0.1, -0.05) is 18.3 Å². The standard InChI is InChI=1S/C11H11IO2S/c1-3-14-11(13)8(2)15-10-6-4-9(12)5-7-10/h4-7H,2-3H2,1H3. The molecule has 4 heteroatoms. The van der Waals surface area contributed by atoms with E-state index < -0.39 is 0 Å². The molecule has 0 saturated carbocycles. The molecule has 0 saturated heterocycles. The van der Waals surface area contributed by atoms with Gasteiger partial charge in [0, 0.05) is 8.47 Å². The zero-order valence-corrected chi connectivity index (χ0v) is 11.3. The Morgan fingerprint density at radius 3 is 2.60 bits per heavy atom. The molecule has 0 atom stereocenters. The molecule has 2 nitrogen and oxygen atoms in total. The fourth-order valence-corrected chi connectivity index (χ4v) is 1.96. The van der Waals surface area contributed by atoms with E-state index in [1.54, 1.807) is 6.92 Å². The molecule has 1 rings (SSSR count). The largest absolute Gasteiger partial charge is 0.462 e. The Balaban J connectivity index is 2.58. The molecular formula is C11H11IO2S. The monoisotopic (exact) mass is 334 g/mol. The lowest BCUT2D eigenvalue weighted by Crippen LogP contribution is -2.03. The van der Waals surface area contributed by atoms with Crippen LogP contribution in [0.2, 0.25) is 0 Å². The summed E-state index contributed by atoms with van der Waals surface area (Å²) in [4.78, 5) is 12.7. The SMILES string of the molecule is C=C(Sc1ccc(I)cc1)C(=O)OCC. The summed E-state index contributed by atoms with van der Waals surface area (Å²) >= 11 is 3.56. The zero-order valence-electron chi connectivity index (χ0n) is 8.33. The maximum Gasteiger partial charge on any atom is 0.344 e. The van der Waals surface area contributed by atoms with Crippen LogP contribution in [0.5, 0.6) is 0 Å². The predicted molar refractivity (Wildman–Crippen MR) is 70.8 cm³/mol. The van der Waals surface area contributed by atoms with E-state index in [0.29, 0.717) is 11.5 Å². The van der Waals surface area contributed by atoms with E-state index in [9.17, 15) is 4.79 Å². The first-order chi connectivity index (χ1) is 7.13. The van der Waals surface area contributed by atoms with Gasteiger partial charge < -0.3 is 4.74 Å². The number of benzene rings is 1. The van der Waals surface area contributed by atoms with E-state index in [4.69, 9.17) is 4.74 Å². The summed E-state index contributed by atoms with van der Waals surface area (Å²) in [5.74, 6) is -0.346. The highest BCUT2D eigenvalue weighted by Gasteiger charge is 2.08. The van der Waals surface area contributed by atoms with Crippen LogP contribution >= 0.6 is 34.4 Å². The molecule has 0 N–H and O–H groups in total. The molecule has 0 bridgehead atoms. The average molecular weight is 334 g/mol. The Hall–Kier alpha value is -0.490. The molecular weight excluding hydrogens is 323 g/mol. The lowest BCUT2D eigenvalue weighted by molar-refractivity contribution is -0.137. The lowest BCUT2D eigenvalue weighted by atomic mass is 10.4. The van der Waals surface area contributed by atoms with Crippen LogP contribution in [0, 0.1) is 3.57 Å². The van der Waals surface area contributed by atoms with Gasteiger partial charge in [0.05, 0.1) is 11.5 Å². The maximum atomic E-state index is 11.3. The van der Waals surface area contributed by atoms with E-state index in [1.165, 1.54) is 15.3 Å². The number of carbonyl (C=O) groups excluding carboxylic acids is 1. The van der Waals surface area contributed by atoms with E-state index in [1.807, 2.05) is 24.3 Å². The number of thioether (sulfide) groups is 1. The van der Waals surface area contributed by atoms with Crippen molar-refractivity contribution in [2.75, 3.05) is 6.61 Å². The summed E-state index contributed by atoms with van der Waals surface area (Å²) in [7, 11) is 0. The molecule has 0 amide bonds. The van der Waals surface area contributed by atoms with Crippen molar-refractivity contribution in [1.29, 1.82) is 0 Å². The van der Waals surface area contributed by atoms with E-state index in [2.05, 4.69) is 29.2 Å². The normalized spacial score (nSPS) is 9.73. The van der Waals surface area contributed by atoms with E-state index in [-0.39, 0.29) is 5.97 Å². The van der Waals surface area contributed by atoms with Gasteiger partial charge in [-0.2, -0.15) is 0 Å². The Labute approximate surface area is 107 Å². The van der Waals surface area contributed by atoms with Crippen molar-refractivity contribution in [2.24, 2.45) is 0 Å². The molecule has 15 heavy (non-hydrogen) atoms. The minimum absolute atomic E-state index is 0.346. The molecule has 0 aliphatic heterocycles. The number of hydrogen-bond acceptors (Lipinski definition) is 3. The van der Waals surface area contributed by atoms with Crippen LogP contribution in [0.25, 0.3) is 0 Å². The summed E-state index contributed by atoms with van der Waals surface area (Å²) in [6, 6.07) is 7.89. The molecule has 0 heterocycles. The van der Waals surface area contributed by atoms with Gasteiger partial charge in [0.1, 0.15) is 0 Å². The van der Waals surface area contributed by atoms with Crippen molar-refractivity contribution in [1.82, 2.24) is 0 Å². The van der Waals surface area contributed by atoms with Gasteiger partial charge in [0.15, 0.2) is 0 Å². The Morgan fingerprint density at radius 1 is 1.47 bits per heavy atom. The fourth-order valence-electron chi connectivity index (χ4n) is 0.898. The minimum atomic E-state index is -0.346. The number of rotatable bonds is 4. The molecule has 0 unspecified atom stereocenters. The predicted octanol–water partition coefficient (Wildman–Crippen LogP) is 3.46. The zero-order chi connectivity index (χ0) is 11.3. The molecule has 0 aromatic heterocycles. The van der Waals surface area contributed by atoms with Gasteiger partial charge in [-0.3, -0.25) is 0 Å². The Kier molecular flexibility index (Phi) is 5.17. The number of halogens is 1. The van der Waals surface area contributed by atoms with Crippen molar-refractivity contribution < 1.29 is 9.53 Å².